The normalized spacial score (nSPS) is 16.8. The summed E-state index contributed by atoms with van der Waals surface area (Å²) in [5.74, 6) is 0.107. The molecule has 0 unspecified atom stereocenters. The molecule has 140 valence electrons. The molecule has 1 heterocycles. The number of hydrogen-bond acceptors (Lipinski definition) is 4. The summed E-state index contributed by atoms with van der Waals surface area (Å²) in [5, 5.41) is 0. The van der Waals surface area contributed by atoms with E-state index in [1.54, 1.807) is 17.0 Å². The van der Waals surface area contributed by atoms with Crippen molar-refractivity contribution in [2.45, 2.75) is 32.6 Å². The van der Waals surface area contributed by atoms with Crippen LogP contribution in [0, 0.1) is 13.8 Å². The Morgan fingerprint density at radius 1 is 1.04 bits per heavy atom. The number of nitrogens with zero attached hydrogens (tertiary/aromatic N) is 3. The molecule has 1 saturated heterocycles. The molecule has 6 nitrogen and oxygen atoms in total. The van der Waals surface area contributed by atoms with Crippen LogP contribution in [0.3, 0.4) is 0 Å². The number of rotatable bonds is 6. The largest absolute Gasteiger partial charge is 0.342 e. The van der Waals surface area contributed by atoms with Gasteiger partial charge in [0.25, 0.3) is 0 Å². The standard InChI is InChI=1S/C18H29N3O3S/c1-5-20(6-2)18(22)14-19-9-11-21(12-10-19)25(23,24)17-8-7-15(3)16(4)13-17/h7-8,13H,5-6,9-12,14H2,1-4H3. The third-order valence-electron chi connectivity index (χ3n) is 4.92. The minimum absolute atomic E-state index is 0.107. The van der Waals surface area contributed by atoms with Crippen LogP contribution in [0.5, 0.6) is 0 Å². The Morgan fingerprint density at radius 3 is 2.16 bits per heavy atom. The minimum Gasteiger partial charge on any atom is -0.342 e. The van der Waals surface area contributed by atoms with Crippen molar-refractivity contribution in [1.82, 2.24) is 14.1 Å². The Balaban J connectivity index is 1.99. The molecular formula is C18H29N3O3S. The van der Waals surface area contributed by atoms with E-state index in [0.717, 1.165) is 11.1 Å². The summed E-state index contributed by atoms with van der Waals surface area (Å²) >= 11 is 0. The average Bonchev–Trinajstić information content (AvgIpc) is 2.58. The summed E-state index contributed by atoms with van der Waals surface area (Å²) in [7, 11) is -3.47. The number of carbonyl (C=O) groups excluding carboxylic acids is 1. The maximum Gasteiger partial charge on any atom is 0.243 e. The highest BCUT2D eigenvalue weighted by Gasteiger charge is 2.29. The number of likely N-dealkylation sites (N-methyl/N-ethyl adjacent to an activating group) is 1. The van der Waals surface area contributed by atoms with Gasteiger partial charge < -0.3 is 4.90 Å². The van der Waals surface area contributed by atoms with Gasteiger partial charge in [-0.15, -0.1) is 0 Å². The Kier molecular flexibility index (Phi) is 6.59. The molecule has 0 spiro atoms. The predicted octanol–water partition coefficient (Wildman–Crippen LogP) is 1.48. The molecule has 2 rings (SSSR count). The lowest BCUT2D eigenvalue weighted by Crippen LogP contribution is -2.51. The lowest BCUT2D eigenvalue weighted by molar-refractivity contribution is -0.132. The van der Waals surface area contributed by atoms with E-state index in [-0.39, 0.29) is 5.91 Å². The summed E-state index contributed by atoms with van der Waals surface area (Å²) in [4.78, 5) is 16.4. The van der Waals surface area contributed by atoms with Gasteiger partial charge in [0, 0.05) is 39.3 Å². The van der Waals surface area contributed by atoms with Crippen LogP contribution in [0.1, 0.15) is 25.0 Å². The molecule has 0 saturated carbocycles. The van der Waals surface area contributed by atoms with E-state index in [4.69, 9.17) is 0 Å². The van der Waals surface area contributed by atoms with Gasteiger partial charge in [0.05, 0.1) is 11.4 Å². The number of benzene rings is 1. The highest BCUT2D eigenvalue weighted by Crippen LogP contribution is 2.20. The number of piperazine rings is 1. The molecule has 0 atom stereocenters. The Hall–Kier alpha value is -1.44. The third kappa shape index (κ3) is 4.59. The Morgan fingerprint density at radius 2 is 1.64 bits per heavy atom. The van der Waals surface area contributed by atoms with Gasteiger partial charge in [-0.25, -0.2) is 8.42 Å². The first-order chi connectivity index (χ1) is 11.8. The second kappa shape index (κ2) is 8.29. The molecular weight excluding hydrogens is 338 g/mol. The van der Waals surface area contributed by atoms with Crippen LogP contribution >= 0.6 is 0 Å². The number of carbonyl (C=O) groups is 1. The van der Waals surface area contributed by atoms with E-state index in [1.165, 1.54) is 4.31 Å². The summed E-state index contributed by atoms with van der Waals surface area (Å²) in [6.45, 7) is 11.6. The fourth-order valence-corrected chi connectivity index (χ4v) is 4.53. The first-order valence-electron chi connectivity index (χ1n) is 8.87. The molecule has 0 N–H and O–H groups in total. The molecule has 1 aromatic carbocycles. The lowest BCUT2D eigenvalue weighted by Gasteiger charge is -2.34. The highest BCUT2D eigenvalue weighted by molar-refractivity contribution is 7.89. The van der Waals surface area contributed by atoms with Crippen molar-refractivity contribution in [3.63, 3.8) is 0 Å². The summed E-state index contributed by atoms with van der Waals surface area (Å²) in [5.41, 5.74) is 2.06. The van der Waals surface area contributed by atoms with Crippen LogP contribution in [-0.2, 0) is 14.8 Å². The van der Waals surface area contributed by atoms with Crippen molar-refractivity contribution >= 4 is 15.9 Å². The van der Waals surface area contributed by atoms with Gasteiger partial charge in [0.1, 0.15) is 0 Å². The van der Waals surface area contributed by atoms with Gasteiger partial charge >= 0.3 is 0 Å². The minimum atomic E-state index is -3.47. The first-order valence-corrected chi connectivity index (χ1v) is 10.3. The van der Waals surface area contributed by atoms with Gasteiger partial charge in [-0.2, -0.15) is 4.31 Å². The zero-order chi connectivity index (χ0) is 18.6. The SMILES string of the molecule is CCN(CC)C(=O)CN1CCN(S(=O)(=O)c2ccc(C)c(C)c2)CC1. The topological polar surface area (TPSA) is 60.9 Å². The van der Waals surface area contributed by atoms with Gasteiger partial charge in [0.15, 0.2) is 0 Å². The summed E-state index contributed by atoms with van der Waals surface area (Å²) in [6.07, 6.45) is 0. The zero-order valence-electron chi connectivity index (χ0n) is 15.7. The van der Waals surface area contributed by atoms with Crippen molar-refractivity contribution in [2.24, 2.45) is 0 Å². The maximum atomic E-state index is 12.8. The van der Waals surface area contributed by atoms with Crippen molar-refractivity contribution in [2.75, 3.05) is 45.8 Å². The second-order valence-electron chi connectivity index (χ2n) is 6.49. The Labute approximate surface area is 151 Å². The molecule has 0 bridgehead atoms. The molecule has 1 aliphatic heterocycles. The van der Waals surface area contributed by atoms with Crippen LogP contribution in [-0.4, -0.2) is 74.2 Å². The number of hydrogen-bond donors (Lipinski definition) is 0. The molecule has 0 aromatic heterocycles. The van der Waals surface area contributed by atoms with E-state index in [9.17, 15) is 13.2 Å². The second-order valence-corrected chi connectivity index (χ2v) is 8.43. The van der Waals surface area contributed by atoms with Crippen LogP contribution < -0.4 is 0 Å². The van der Waals surface area contributed by atoms with E-state index in [2.05, 4.69) is 0 Å². The van der Waals surface area contributed by atoms with Crippen molar-refractivity contribution in [3.8, 4) is 0 Å². The molecule has 7 heteroatoms. The van der Waals surface area contributed by atoms with E-state index in [0.29, 0.717) is 50.7 Å². The molecule has 0 radical (unpaired) electrons. The smallest absolute Gasteiger partial charge is 0.243 e. The predicted molar refractivity (Wildman–Crippen MR) is 99.0 cm³/mol. The summed E-state index contributed by atoms with van der Waals surface area (Å²) in [6, 6.07) is 5.26. The van der Waals surface area contributed by atoms with Crippen molar-refractivity contribution < 1.29 is 13.2 Å². The van der Waals surface area contributed by atoms with Gasteiger partial charge in [0.2, 0.25) is 15.9 Å². The third-order valence-corrected chi connectivity index (χ3v) is 6.82. The van der Waals surface area contributed by atoms with Crippen LogP contribution in [0.2, 0.25) is 0 Å². The van der Waals surface area contributed by atoms with Gasteiger partial charge in [-0.05, 0) is 51.0 Å². The molecule has 0 aliphatic carbocycles. The highest BCUT2D eigenvalue weighted by atomic mass is 32.2. The summed E-state index contributed by atoms with van der Waals surface area (Å²) < 4.78 is 27.1. The molecule has 1 fully saturated rings. The number of amides is 1. The number of aryl methyl sites for hydroxylation is 2. The monoisotopic (exact) mass is 367 g/mol. The van der Waals surface area contributed by atoms with Gasteiger partial charge in [-0.1, -0.05) is 6.07 Å². The van der Waals surface area contributed by atoms with Crippen LogP contribution in [0.25, 0.3) is 0 Å². The maximum absolute atomic E-state index is 12.8. The Bertz CT molecular complexity index is 706. The van der Waals surface area contributed by atoms with Crippen LogP contribution in [0.4, 0.5) is 0 Å². The van der Waals surface area contributed by atoms with Gasteiger partial charge in [-0.3, -0.25) is 9.69 Å². The molecule has 1 aliphatic rings. The average molecular weight is 368 g/mol. The quantitative estimate of drug-likeness (QED) is 0.764. The van der Waals surface area contributed by atoms with E-state index < -0.39 is 10.0 Å². The zero-order valence-corrected chi connectivity index (χ0v) is 16.5. The number of sulfonamides is 1. The molecule has 25 heavy (non-hydrogen) atoms. The fourth-order valence-electron chi connectivity index (χ4n) is 3.02. The lowest BCUT2D eigenvalue weighted by atomic mass is 10.1. The fraction of sp³-hybridized carbons (Fsp3) is 0.611. The van der Waals surface area contributed by atoms with E-state index in [1.807, 2.05) is 38.7 Å². The van der Waals surface area contributed by atoms with Crippen molar-refractivity contribution in [1.29, 1.82) is 0 Å². The van der Waals surface area contributed by atoms with Crippen molar-refractivity contribution in [3.05, 3.63) is 29.3 Å². The van der Waals surface area contributed by atoms with E-state index >= 15 is 0 Å². The van der Waals surface area contributed by atoms with Crippen LogP contribution in [0.15, 0.2) is 23.1 Å². The molecule has 1 aromatic rings. The first kappa shape index (κ1) is 19.9. The molecule has 1 amide bonds.